The van der Waals surface area contributed by atoms with Gasteiger partial charge in [-0.05, 0) is 214 Å². The van der Waals surface area contributed by atoms with Gasteiger partial charge in [0.05, 0.1) is 13.7 Å². The monoisotopic (exact) mass is 1780 g/mol. The maximum atomic E-state index is 9.00. The zero-order valence-corrected chi connectivity index (χ0v) is 73.8. The van der Waals surface area contributed by atoms with E-state index in [0.717, 1.165) is 142 Å². The molecule has 3 heterocycles. The number of nitrogens with zero attached hydrogens (tertiary/aromatic N) is 3. The molecule has 2 unspecified atom stereocenters. The van der Waals surface area contributed by atoms with Crippen molar-refractivity contribution in [3.05, 3.63) is 427 Å². The van der Waals surface area contributed by atoms with Gasteiger partial charge in [-0.3, -0.25) is 0 Å². The molecule has 0 saturated heterocycles. The second-order valence-corrected chi connectivity index (χ2v) is 35.8. The van der Waals surface area contributed by atoms with Gasteiger partial charge in [0.1, 0.15) is 0 Å². The van der Waals surface area contributed by atoms with Gasteiger partial charge in [-0.15, -0.1) is 71.3 Å². The second-order valence-electron chi connectivity index (χ2n) is 35.8. The molecule has 1 aliphatic rings. The molecule has 3 nitrogen and oxygen atoms in total. The smallest absolute Gasteiger partial charge is 0.305 e. The zero-order chi connectivity index (χ0) is 92.5. The van der Waals surface area contributed by atoms with E-state index in [1.54, 1.807) is 12.4 Å². The molecule has 3 aromatic heterocycles. The van der Waals surface area contributed by atoms with Crippen molar-refractivity contribution in [1.29, 1.82) is 0 Å². The van der Waals surface area contributed by atoms with Gasteiger partial charge in [0, 0.05) is 29.7 Å². The Hall–Kier alpha value is -12.8. The van der Waals surface area contributed by atoms with Crippen LogP contribution in [0.5, 0.6) is 0 Å². The van der Waals surface area contributed by atoms with E-state index in [2.05, 4.69) is 341 Å². The topological polar surface area (TPSA) is 38.7 Å². The quantitative estimate of drug-likeness (QED) is 0.0853. The molecule has 0 spiro atoms. The van der Waals surface area contributed by atoms with E-state index in [1.165, 1.54) is 33.4 Å². The van der Waals surface area contributed by atoms with Crippen LogP contribution in [0.25, 0.3) is 156 Å². The number of hydrogen-bond donors (Lipinski definition) is 0. The average Bonchev–Trinajstić information content (AvgIpc) is 0.752. The Morgan fingerprint density at radius 2 is 0.593 bits per heavy atom. The molecule has 0 aliphatic heterocycles. The summed E-state index contributed by atoms with van der Waals surface area (Å²) < 4.78 is 87.3. The van der Waals surface area contributed by atoms with Gasteiger partial charge < -0.3 is 15.0 Å². The number of aromatic nitrogens is 3. The maximum absolute atomic E-state index is 9.00. The number of aryl methyl sites for hydroxylation is 2. The second kappa shape index (κ2) is 35.0. The van der Waals surface area contributed by atoms with E-state index in [1.807, 2.05) is 44.3 Å². The van der Waals surface area contributed by atoms with Crippen molar-refractivity contribution in [3.63, 3.8) is 0 Å². The Morgan fingerprint density at radius 1 is 0.268 bits per heavy atom. The third-order valence-electron chi connectivity index (χ3n) is 24.6. The minimum atomic E-state index is -0.451. The fourth-order valence-corrected chi connectivity index (χ4v) is 17.9. The molecule has 602 valence electrons. The largest absolute Gasteiger partial charge is 3.00 e. The summed E-state index contributed by atoms with van der Waals surface area (Å²) in [6.45, 7) is 24.2. The number of hydrogen-bond acceptors (Lipinski definition) is 3. The standard InChI is InChI=1S/C119H102N3.Ir/c1-78-62-114(121-76-112(78)83-38-23-15-24-39-83)91-51-56-105(108(70-91)89-46-30-43-86(65-89)81-34-19-13-20-35-81)110-73-97(117(3,4)5)53-58-101(110)95-67-94(100-48-27-28-49-103(100)104-55-50-93(116-75-99(60-61-120-116)119(9,10)11)72-107(104)88-45-29-42-85(64-88)80-32-17-12-18-33-80)68-96(69-95)102-59-54-98(118(6,7)8)74-111(102)106-57-52-92(115-63-79(2)113(77-122-115)84-40-25-16-26-41-84)71-109(106)90-47-31-44-87(66-90)82-36-21-14-22-37-82;/h12-49,53-66,70-77,94-96H,67-69H2,1-11H3;/q-3;+3/i15D,16D,23D,24D,25D,26D,38D,39D,40D,41D;. The third kappa shape index (κ3) is 17.6. The molecule has 0 bridgehead atoms. The fraction of sp³-hybridized carbons (Fsp3) is 0.168. The molecular formula is C119H102IrN3. The third-order valence-corrected chi connectivity index (χ3v) is 24.6. The molecule has 18 rings (SSSR count). The van der Waals surface area contributed by atoms with Gasteiger partial charge in [-0.25, -0.2) is 0 Å². The van der Waals surface area contributed by atoms with Crippen LogP contribution in [0, 0.1) is 32.0 Å². The Labute approximate surface area is 756 Å². The Balaban J connectivity index is 0.0000123. The molecule has 0 radical (unpaired) electrons. The summed E-state index contributed by atoms with van der Waals surface area (Å²) in [5, 5.41) is 0. The van der Waals surface area contributed by atoms with E-state index in [-0.39, 0.29) is 89.4 Å². The molecule has 1 aliphatic carbocycles. The molecule has 1 fully saturated rings. The van der Waals surface area contributed by atoms with Crippen LogP contribution >= 0.6 is 0 Å². The first kappa shape index (κ1) is 70.8. The molecule has 1 saturated carbocycles. The van der Waals surface area contributed by atoms with E-state index in [4.69, 9.17) is 28.7 Å². The fourth-order valence-electron chi connectivity index (χ4n) is 17.9. The van der Waals surface area contributed by atoms with Crippen molar-refractivity contribution < 1.29 is 33.8 Å². The summed E-state index contributed by atoms with van der Waals surface area (Å²) in [5.41, 5.74) is 32.4. The van der Waals surface area contributed by atoms with Crippen LogP contribution in [0.3, 0.4) is 0 Å². The SMILES string of the molecule is [2H]c1c([2H])c([2H])c(-c2cnc(-c3[c-]cc(-c4cc(C(C)(C)C)ccc4C4CC(c5ccccc5-c5c[c-]c(-c6cc(C(C)(C)C)ccn6)cc5-c5cccc(-c6ccccc6)c5)CC(c5ccc(C(C)(C)C)cc5-c5c[c-]c(-c6cc(C)c(-c7c([2H])c([2H])c([2H])c([2H])c7[2H])cn6)cc5-c5cccc(-c6ccccc6)c5)C4)c(-c4cccc(-c5ccccc5)c4)c3)cc2C)c([2H])c1[2H].[Ir+3]. The Morgan fingerprint density at radius 3 is 0.967 bits per heavy atom. The van der Waals surface area contributed by atoms with Gasteiger partial charge in [-0.1, -0.05) is 397 Å². The first-order valence-corrected chi connectivity index (χ1v) is 42.4. The number of rotatable bonds is 17. The van der Waals surface area contributed by atoms with Crippen LogP contribution in [0.1, 0.15) is 158 Å². The molecule has 0 N–H and O–H groups in total. The number of benzene rings is 14. The molecule has 4 heteroatoms. The van der Waals surface area contributed by atoms with Gasteiger partial charge in [-0.2, -0.15) is 0 Å². The summed E-state index contributed by atoms with van der Waals surface area (Å²) >= 11 is 0. The molecule has 0 amide bonds. The summed E-state index contributed by atoms with van der Waals surface area (Å²) in [6, 6.07) is 111. The molecule has 14 aromatic carbocycles. The van der Waals surface area contributed by atoms with Gasteiger partial charge in [0.25, 0.3) is 0 Å². The van der Waals surface area contributed by atoms with Crippen LogP contribution in [0.2, 0.25) is 0 Å². The first-order chi connectivity index (χ1) is 63.3. The van der Waals surface area contributed by atoms with E-state index < -0.39 is 36.3 Å². The van der Waals surface area contributed by atoms with E-state index >= 15 is 0 Å². The van der Waals surface area contributed by atoms with E-state index in [0.29, 0.717) is 33.6 Å². The van der Waals surface area contributed by atoms with Crippen LogP contribution in [0.4, 0.5) is 0 Å². The van der Waals surface area contributed by atoms with Crippen molar-refractivity contribution in [2.45, 2.75) is 129 Å². The normalized spacial score (nSPS) is 15.4. The van der Waals surface area contributed by atoms with Crippen molar-refractivity contribution in [2.24, 2.45) is 0 Å². The maximum Gasteiger partial charge on any atom is 3.00 e. The van der Waals surface area contributed by atoms with Gasteiger partial charge in [0.15, 0.2) is 0 Å². The summed E-state index contributed by atoms with van der Waals surface area (Å²) in [4.78, 5) is 15.2. The number of pyridine rings is 3. The van der Waals surface area contributed by atoms with Crippen LogP contribution < -0.4 is 0 Å². The molecule has 17 aromatic rings. The molecule has 2 atom stereocenters. The van der Waals surface area contributed by atoms with Crippen molar-refractivity contribution >= 4 is 0 Å². The van der Waals surface area contributed by atoms with Crippen LogP contribution in [-0.2, 0) is 36.4 Å². The summed E-state index contributed by atoms with van der Waals surface area (Å²) in [5.74, 6) is -0.235. The minimum absolute atomic E-state index is 0. The van der Waals surface area contributed by atoms with Crippen molar-refractivity contribution in [3.8, 4) is 156 Å². The summed E-state index contributed by atoms with van der Waals surface area (Å²) in [6.07, 6.45) is 7.51. The Kier molecular flexibility index (Phi) is 20.1. The average molecular weight is 1780 g/mol. The molecule has 123 heavy (non-hydrogen) atoms. The van der Waals surface area contributed by atoms with Crippen LogP contribution in [-0.4, -0.2) is 15.0 Å². The van der Waals surface area contributed by atoms with Crippen molar-refractivity contribution in [1.82, 2.24) is 15.0 Å². The van der Waals surface area contributed by atoms with Crippen LogP contribution in [0.15, 0.2) is 364 Å². The zero-order valence-electron chi connectivity index (χ0n) is 81.4. The van der Waals surface area contributed by atoms with Gasteiger partial charge >= 0.3 is 20.1 Å². The molecular weight excluding hydrogens is 1660 g/mol. The van der Waals surface area contributed by atoms with E-state index in [9.17, 15) is 0 Å². The van der Waals surface area contributed by atoms with Crippen molar-refractivity contribution in [2.75, 3.05) is 0 Å². The predicted octanol–water partition coefficient (Wildman–Crippen LogP) is 32.0. The summed E-state index contributed by atoms with van der Waals surface area (Å²) in [7, 11) is 0. The van der Waals surface area contributed by atoms with Gasteiger partial charge in [0.2, 0.25) is 0 Å². The minimum Gasteiger partial charge on any atom is -0.305 e. The predicted molar refractivity (Wildman–Crippen MR) is 513 cm³/mol. The first-order valence-electron chi connectivity index (χ1n) is 47.4. The Bertz CT molecular complexity index is 6980.